The molecule has 10 heteroatoms. The van der Waals surface area contributed by atoms with Crippen molar-refractivity contribution in [3.63, 3.8) is 0 Å². The summed E-state index contributed by atoms with van der Waals surface area (Å²) in [6.07, 6.45) is 1.34. The van der Waals surface area contributed by atoms with E-state index in [1.807, 2.05) is 69.3 Å². The molecule has 0 bridgehead atoms. The minimum Gasteiger partial charge on any atom is -0.444 e. The number of halogens is 2. The van der Waals surface area contributed by atoms with Crippen molar-refractivity contribution in [2.24, 2.45) is 0 Å². The van der Waals surface area contributed by atoms with Gasteiger partial charge in [-0.1, -0.05) is 54.6 Å². The standard InChI is InChI=1S/C35H41F2N3O4.V/c1-33(2,3)44-32(42)38-34(27-12-8-5-9-13-27)16-19-39(20-17-34)21-18-35(28-14-15-29(36)30(37)24-28)25-40(22-23-43-35)31(41)26-10-6-4-7-11-26;/h4-15,24H,16-23,25H2,1-3H3,(H,38,42);. The Labute approximate surface area is 276 Å². The summed E-state index contributed by atoms with van der Waals surface area (Å²) in [6.45, 7) is 8.39. The van der Waals surface area contributed by atoms with Crippen LogP contribution in [0.3, 0.4) is 0 Å². The Hall–Kier alpha value is -3.24. The number of hydrogen-bond acceptors (Lipinski definition) is 5. The molecule has 45 heavy (non-hydrogen) atoms. The normalized spacial score (nSPS) is 20.2. The third-order valence-corrected chi connectivity index (χ3v) is 8.55. The molecule has 0 saturated carbocycles. The first-order valence-corrected chi connectivity index (χ1v) is 15.2. The number of likely N-dealkylation sites (tertiary alicyclic amines) is 1. The first-order chi connectivity index (χ1) is 21.0. The quantitative estimate of drug-likeness (QED) is 0.327. The van der Waals surface area contributed by atoms with Crippen LogP contribution in [-0.4, -0.2) is 66.7 Å². The summed E-state index contributed by atoms with van der Waals surface area (Å²) in [5, 5.41) is 3.18. The fourth-order valence-electron chi connectivity index (χ4n) is 6.21. The Morgan fingerprint density at radius 3 is 2.16 bits per heavy atom. The van der Waals surface area contributed by atoms with Gasteiger partial charge in [-0.05, 0) is 75.4 Å². The Balaban J connectivity index is 0.00000461. The van der Waals surface area contributed by atoms with Gasteiger partial charge in [0.1, 0.15) is 11.2 Å². The summed E-state index contributed by atoms with van der Waals surface area (Å²) in [6, 6.07) is 22.8. The molecule has 0 aliphatic carbocycles. The van der Waals surface area contributed by atoms with Crippen molar-refractivity contribution in [2.75, 3.05) is 39.3 Å². The molecule has 2 saturated heterocycles. The fraction of sp³-hybridized carbons (Fsp3) is 0.429. The summed E-state index contributed by atoms with van der Waals surface area (Å²) in [5.41, 5.74) is -0.122. The molecule has 1 unspecified atom stereocenters. The Morgan fingerprint density at radius 1 is 0.889 bits per heavy atom. The van der Waals surface area contributed by atoms with Crippen LogP contribution in [0.4, 0.5) is 13.6 Å². The van der Waals surface area contributed by atoms with E-state index >= 15 is 0 Å². The van der Waals surface area contributed by atoms with E-state index in [1.54, 1.807) is 23.1 Å². The molecule has 2 fully saturated rings. The van der Waals surface area contributed by atoms with Crippen LogP contribution in [0.5, 0.6) is 0 Å². The second-order valence-corrected chi connectivity index (χ2v) is 12.7. The maximum Gasteiger partial charge on any atom is 0.408 e. The molecule has 0 spiro atoms. The smallest absolute Gasteiger partial charge is 0.408 e. The molecule has 2 amide bonds. The van der Waals surface area contributed by atoms with Crippen LogP contribution in [0.1, 0.15) is 61.5 Å². The van der Waals surface area contributed by atoms with E-state index in [9.17, 15) is 18.4 Å². The van der Waals surface area contributed by atoms with Crippen molar-refractivity contribution in [3.8, 4) is 0 Å². The number of alkyl carbamates (subject to hydrolysis) is 1. The van der Waals surface area contributed by atoms with Gasteiger partial charge in [-0.25, -0.2) is 13.6 Å². The van der Waals surface area contributed by atoms with Crippen molar-refractivity contribution >= 4 is 12.0 Å². The van der Waals surface area contributed by atoms with Crippen molar-refractivity contribution in [3.05, 3.63) is 107 Å². The van der Waals surface area contributed by atoms with Crippen LogP contribution in [0.15, 0.2) is 78.9 Å². The number of benzene rings is 3. The van der Waals surface area contributed by atoms with Crippen LogP contribution in [0.25, 0.3) is 0 Å². The monoisotopic (exact) mass is 656 g/mol. The Morgan fingerprint density at radius 2 is 1.53 bits per heavy atom. The van der Waals surface area contributed by atoms with Gasteiger partial charge in [-0.3, -0.25) is 4.79 Å². The van der Waals surface area contributed by atoms with Gasteiger partial charge >= 0.3 is 6.09 Å². The van der Waals surface area contributed by atoms with E-state index < -0.39 is 34.5 Å². The fourth-order valence-corrected chi connectivity index (χ4v) is 6.21. The maximum atomic E-state index is 14.5. The number of ether oxygens (including phenoxy) is 2. The van der Waals surface area contributed by atoms with Crippen molar-refractivity contribution < 1.29 is 46.4 Å². The van der Waals surface area contributed by atoms with E-state index in [4.69, 9.17) is 9.47 Å². The number of morpholine rings is 1. The third kappa shape index (κ3) is 8.33. The molecule has 3 aromatic rings. The van der Waals surface area contributed by atoms with E-state index in [-0.39, 0.29) is 37.6 Å². The van der Waals surface area contributed by atoms with Crippen LogP contribution in [0.2, 0.25) is 0 Å². The summed E-state index contributed by atoms with van der Waals surface area (Å²) in [7, 11) is 0. The SMILES string of the molecule is CC(C)(C)OC(=O)NC1(c2ccccc2)CCN(CCC2(c3ccc(F)c(F)c3)CN(C(=O)c3ccccc3)CCO2)CC1.[V]. The maximum absolute atomic E-state index is 14.5. The molecule has 5 rings (SSSR count). The molecule has 0 aromatic heterocycles. The van der Waals surface area contributed by atoms with E-state index in [1.165, 1.54) is 6.07 Å². The summed E-state index contributed by atoms with van der Waals surface area (Å²) in [4.78, 5) is 30.3. The number of carbonyl (C=O) groups is 2. The minimum atomic E-state index is -1.01. The van der Waals surface area contributed by atoms with Gasteiger partial charge in [0.15, 0.2) is 11.6 Å². The van der Waals surface area contributed by atoms with Gasteiger partial charge in [0.05, 0.1) is 18.7 Å². The van der Waals surface area contributed by atoms with E-state index in [0.29, 0.717) is 56.6 Å². The van der Waals surface area contributed by atoms with Crippen LogP contribution in [0, 0.1) is 11.6 Å². The van der Waals surface area contributed by atoms with Gasteiger partial charge in [-0.15, -0.1) is 0 Å². The Kier molecular flexibility index (Phi) is 11.1. The number of carbonyl (C=O) groups excluding carboxylic acids is 2. The predicted molar refractivity (Wildman–Crippen MR) is 164 cm³/mol. The van der Waals surface area contributed by atoms with Gasteiger partial charge in [0, 0.05) is 50.3 Å². The molecular formula is C35H41F2N3O4V. The number of nitrogens with one attached hydrogen (secondary N) is 1. The van der Waals surface area contributed by atoms with Crippen molar-refractivity contribution in [1.29, 1.82) is 0 Å². The topological polar surface area (TPSA) is 71.1 Å². The zero-order valence-corrected chi connectivity index (χ0v) is 27.5. The zero-order valence-electron chi connectivity index (χ0n) is 26.1. The first-order valence-electron chi connectivity index (χ1n) is 15.2. The Bertz CT molecular complexity index is 1450. The van der Waals surface area contributed by atoms with Crippen LogP contribution < -0.4 is 5.32 Å². The van der Waals surface area contributed by atoms with Crippen molar-refractivity contribution in [2.45, 2.75) is 56.8 Å². The summed E-state index contributed by atoms with van der Waals surface area (Å²) >= 11 is 0. The summed E-state index contributed by atoms with van der Waals surface area (Å²) < 4.78 is 40.5. The molecule has 239 valence electrons. The molecular weight excluding hydrogens is 615 g/mol. The number of rotatable bonds is 7. The number of amides is 2. The second kappa shape index (κ2) is 14.5. The van der Waals surface area contributed by atoms with Crippen molar-refractivity contribution in [1.82, 2.24) is 15.1 Å². The van der Waals surface area contributed by atoms with Gasteiger partial charge in [0.25, 0.3) is 5.91 Å². The summed E-state index contributed by atoms with van der Waals surface area (Å²) in [5.74, 6) is -2.00. The molecule has 2 heterocycles. The first kappa shape index (κ1) is 34.6. The van der Waals surface area contributed by atoms with Gasteiger partial charge in [0.2, 0.25) is 0 Å². The number of hydrogen-bond donors (Lipinski definition) is 1. The van der Waals surface area contributed by atoms with Crippen LogP contribution in [-0.2, 0) is 39.2 Å². The molecule has 2 aliphatic heterocycles. The van der Waals surface area contributed by atoms with E-state index in [0.717, 1.165) is 11.6 Å². The average Bonchev–Trinajstić information content (AvgIpc) is 3.01. The molecule has 2 aliphatic rings. The molecule has 1 N–H and O–H groups in total. The third-order valence-electron chi connectivity index (χ3n) is 8.55. The minimum absolute atomic E-state index is 0. The molecule has 7 nitrogen and oxygen atoms in total. The largest absolute Gasteiger partial charge is 0.444 e. The van der Waals surface area contributed by atoms with Gasteiger partial charge in [-0.2, -0.15) is 0 Å². The van der Waals surface area contributed by atoms with Gasteiger partial charge < -0.3 is 24.6 Å². The predicted octanol–water partition coefficient (Wildman–Crippen LogP) is 6.24. The molecule has 1 radical (unpaired) electrons. The second-order valence-electron chi connectivity index (χ2n) is 12.7. The van der Waals surface area contributed by atoms with E-state index in [2.05, 4.69) is 10.2 Å². The zero-order chi connectivity index (χ0) is 31.4. The number of piperidine rings is 1. The molecule has 3 aromatic carbocycles. The average molecular weight is 657 g/mol. The molecule has 1 atom stereocenters. The number of nitrogens with zero attached hydrogens (tertiary/aromatic N) is 2. The van der Waals surface area contributed by atoms with Crippen LogP contribution >= 0.6 is 0 Å².